The van der Waals surface area contributed by atoms with Crippen LogP contribution in [-0.2, 0) is 0 Å². The van der Waals surface area contributed by atoms with Gasteiger partial charge in [-0.1, -0.05) is 6.07 Å². The number of aromatic nitrogens is 4. The first-order valence-corrected chi connectivity index (χ1v) is 5.19. The van der Waals surface area contributed by atoms with E-state index in [-0.39, 0.29) is 5.69 Å². The van der Waals surface area contributed by atoms with Crippen LogP contribution in [0.3, 0.4) is 0 Å². The van der Waals surface area contributed by atoms with Gasteiger partial charge in [0.1, 0.15) is 0 Å². The smallest absolute Gasteiger partial charge is 0.296 e. The number of hydrogen-bond acceptors (Lipinski definition) is 4. The Hall–Kier alpha value is -1.95. The first-order chi connectivity index (χ1) is 7.36. The van der Waals surface area contributed by atoms with Gasteiger partial charge in [-0.25, -0.2) is 9.78 Å². The summed E-state index contributed by atoms with van der Waals surface area (Å²) < 4.78 is 1.26. The normalized spacial score (nSPS) is 10.9. The fourth-order valence-corrected chi connectivity index (χ4v) is 2.16. The molecule has 74 valence electrons. The van der Waals surface area contributed by atoms with Crippen molar-refractivity contribution in [1.82, 2.24) is 19.6 Å². The Kier molecular flexibility index (Phi) is 1.69. The number of fused-ring (bicyclic) bond motifs is 1. The summed E-state index contributed by atoms with van der Waals surface area (Å²) >= 11 is 1.60. The van der Waals surface area contributed by atoms with E-state index in [9.17, 15) is 4.79 Å². The van der Waals surface area contributed by atoms with Crippen molar-refractivity contribution in [2.24, 2.45) is 0 Å². The van der Waals surface area contributed by atoms with Gasteiger partial charge in [-0.15, -0.1) is 11.3 Å². The van der Waals surface area contributed by atoms with Gasteiger partial charge in [-0.05, 0) is 11.4 Å². The van der Waals surface area contributed by atoms with Crippen LogP contribution < -0.4 is 5.69 Å². The van der Waals surface area contributed by atoms with Crippen LogP contribution in [0.15, 0.2) is 34.8 Å². The summed E-state index contributed by atoms with van der Waals surface area (Å²) in [6.07, 6.45) is 3.04. The van der Waals surface area contributed by atoms with E-state index >= 15 is 0 Å². The van der Waals surface area contributed by atoms with Crippen LogP contribution in [0, 0.1) is 0 Å². The fourth-order valence-electron chi connectivity index (χ4n) is 1.43. The first-order valence-electron chi connectivity index (χ1n) is 4.31. The van der Waals surface area contributed by atoms with E-state index in [4.69, 9.17) is 0 Å². The summed E-state index contributed by atoms with van der Waals surface area (Å²) in [4.78, 5) is 19.0. The van der Waals surface area contributed by atoms with Crippen LogP contribution in [-0.4, -0.2) is 19.6 Å². The fraction of sp³-hybridized carbons (Fsp3) is 0. The summed E-state index contributed by atoms with van der Waals surface area (Å²) in [5, 5.41) is 5.97. The Morgan fingerprint density at radius 1 is 1.47 bits per heavy atom. The van der Waals surface area contributed by atoms with Crippen LogP contribution in [0.25, 0.3) is 16.1 Å². The zero-order chi connectivity index (χ0) is 10.3. The number of nitrogens with one attached hydrogen (secondary N) is 1. The molecule has 3 heterocycles. The molecule has 0 bridgehead atoms. The molecule has 3 aromatic heterocycles. The quantitative estimate of drug-likeness (QED) is 0.666. The van der Waals surface area contributed by atoms with E-state index in [0.29, 0.717) is 5.65 Å². The molecular formula is C9H6N4OS. The summed E-state index contributed by atoms with van der Waals surface area (Å²) in [7, 11) is 0. The van der Waals surface area contributed by atoms with Crippen LogP contribution >= 0.6 is 11.3 Å². The minimum atomic E-state index is -0.275. The van der Waals surface area contributed by atoms with Crippen molar-refractivity contribution in [3.05, 3.63) is 40.5 Å². The van der Waals surface area contributed by atoms with E-state index in [0.717, 1.165) is 10.4 Å². The van der Waals surface area contributed by atoms with Gasteiger partial charge in [0.15, 0.2) is 5.65 Å². The molecule has 0 aliphatic rings. The van der Waals surface area contributed by atoms with Crippen molar-refractivity contribution in [2.45, 2.75) is 0 Å². The van der Waals surface area contributed by atoms with Crippen LogP contribution in [0.2, 0.25) is 0 Å². The zero-order valence-corrected chi connectivity index (χ0v) is 8.36. The molecule has 0 unspecified atom stereocenters. The summed E-state index contributed by atoms with van der Waals surface area (Å²) in [5.41, 5.74) is 1.19. The molecule has 3 aromatic rings. The molecule has 0 saturated heterocycles. The highest BCUT2D eigenvalue weighted by atomic mass is 32.1. The van der Waals surface area contributed by atoms with Crippen LogP contribution in [0.1, 0.15) is 0 Å². The Morgan fingerprint density at radius 3 is 3.20 bits per heavy atom. The maximum Gasteiger partial charge on any atom is 0.349 e. The minimum absolute atomic E-state index is 0.275. The monoisotopic (exact) mass is 218 g/mol. The standard InChI is InChI=1S/C9H6N4OS/c14-9-11-5-10-8-6(4-12-13(8)9)7-2-1-3-15-7/h1-5H,(H,10,11,14). The van der Waals surface area contributed by atoms with Gasteiger partial charge in [-0.3, -0.25) is 4.98 Å². The van der Waals surface area contributed by atoms with Crippen molar-refractivity contribution in [1.29, 1.82) is 0 Å². The lowest BCUT2D eigenvalue weighted by Crippen LogP contribution is -2.17. The highest BCUT2D eigenvalue weighted by Gasteiger charge is 2.09. The third-order valence-corrected chi connectivity index (χ3v) is 3.00. The number of H-pyrrole nitrogens is 1. The molecule has 3 rings (SSSR count). The Bertz CT molecular complexity index is 652. The molecule has 0 aromatic carbocycles. The van der Waals surface area contributed by atoms with E-state index in [2.05, 4.69) is 15.1 Å². The molecule has 15 heavy (non-hydrogen) atoms. The number of hydrogen-bond donors (Lipinski definition) is 1. The molecule has 0 radical (unpaired) electrons. The van der Waals surface area contributed by atoms with Crippen molar-refractivity contribution in [3.63, 3.8) is 0 Å². The molecule has 0 aliphatic carbocycles. The summed E-state index contributed by atoms with van der Waals surface area (Å²) in [6, 6.07) is 3.93. The second-order valence-corrected chi connectivity index (χ2v) is 3.93. The van der Waals surface area contributed by atoms with Crippen molar-refractivity contribution >= 4 is 17.0 Å². The molecule has 1 N–H and O–H groups in total. The molecule has 0 saturated carbocycles. The molecular weight excluding hydrogens is 212 g/mol. The van der Waals surface area contributed by atoms with Crippen molar-refractivity contribution < 1.29 is 0 Å². The van der Waals surface area contributed by atoms with Crippen molar-refractivity contribution in [3.8, 4) is 10.4 Å². The van der Waals surface area contributed by atoms with Gasteiger partial charge >= 0.3 is 5.69 Å². The maximum atomic E-state index is 11.4. The van der Waals surface area contributed by atoms with E-state index < -0.39 is 0 Å². The molecule has 0 spiro atoms. The van der Waals surface area contributed by atoms with E-state index in [1.54, 1.807) is 17.5 Å². The number of rotatable bonds is 1. The van der Waals surface area contributed by atoms with Crippen molar-refractivity contribution in [2.75, 3.05) is 0 Å². The lowest BCUT2D eigenvalue weighted by Gasteiger charge is -1.92. The topological polar surface area (TPSA) is 63.0 Å². The third kappa shape index (κ3) is 1.18. The molecule has 0 fully saturated rings. The van der Waals surface area contributed by atoms with Gasteiger partial charge in [-0.2, -0.15) is 9.61 Å². The molecule has 6 heteroatoms. The lowest BCUT2D eigenvalue weighted by atomic mass is 10.3. The Morgan fingerprint density at radius 2 is 2.40 bits per heavy atom. The predicted octanol–water partition coefficient (Wildman–Crippen LogP) is 1.15. The second kappa shape index (κ2) is 3.03. The highest BCUT2D eigenvalue weighted by Crippen LogP contribution is 2.26. The van der Waals surface area contributed by atoms with Gasteiger partial charge in [0.25, 0.3) is 0 Å². The van der Waals surface area contributed by atoms with Crippen LogP contribution in [0.5, 0.6) is 0 Å². The zero-order valence-electron chi connectivity index (χ0n) is 7.54. The largest absolute Gasteiger partial charge is 0.349 e. The average molecular weight is 218 g/mol. The molecule has 0 aliphatic heterocycles. The molecule has 0 atom stereocenters. The first kappa shape index (κ1) is 8.37. The molecule has 5 nitrogen and oxygen atoms in total. The number of aromatic amines is 1. The molecule has 0 amide bonds. The highest BCUT2D eigenvalue weighted by molar-refractivity contribution is 7.13. The van der Waals surface area contributed by atoms with Gasteiger partial charge < -0.3 is 0 Å². The number of nitrogens with zero attached hydrogens (tertiary/aromatic N) is 3. The van der Waals surface area contributed by atoms with Crippen LogP contribution in [0.4, 0.5) is 0 Å². The third-order valence-electron chi connectivity index (χ3n) is 2.10. The number of thiophene rings is 1. The Labute approximate surface area is 88.0 Å². The van der Waals surface area contributed by atoms with E-state index in [1.165, 1.54) is 10.8 Å². The Balaban J connectivity index is 2.39. The predicted molar refractivity (Wildman–Crippen MR) is 56.9 cm³/mol. The summed E-state index contributed by atoms with van der Waals surface area (Å²) in [5.74, 6) is 0. The van der Waals surface area contributed by atoms with Gasteiger partial charge in [0.05, 0.1) is 18.1 Å². The average Bonchev–Trinajstić information content (AvgIpc) is 2.85. The van der Waals surface area contributed by atoms with Gasteiger partial charge in [0, 0.05) is 4.88 Å². The van der Waals surface area contributed by atoms with E-state index in [1.807, 2.05) is 17.5 Å². The van der Waals surface area contributed by atoms with Gasteiger partial charge in [0.2, 0.25) is 0 Å². The minimum Gasteiger partial charge on any atom is -0.296 e. The SMILES string of the molecule is O=c1[nH]cnc2c(-c3cccs3)cnn12. The lowest BCUT2D eigenvalue weighted by molar-refractivity contribution is 0.840. The summed E-state index contributed by atoms with van der Waals surface area (Å²) in [6.45, 7) is 0. The maximum absolute atomic E-state index is 11.4. The second-order valence-electron chi connectivity index (χ2n) is 2.98.